The van der Waals surface area contributed by atoms with Crippen LogP contribution in [0, 0.1) is 0 Å². The predicted octanol–water partition coefficient (Wildman–Crippen LogP) is 17.1. The van der Waals surface area contributed by atoms with Gasteiger partial charge < -0.3 is 14.7 Å². The second-order valence-corrected chi connectivity index (χ2v) is 27.9. The first-order valence-corrected chi connectivity index (χ1v) is 27.6. The number of rotatable bonds is 3. The number of nitrogens with zero attached hydrogens (tertiary/aromatic N) is 3. The molecule has 0 radical (unpaired) electrons. The largest absolute Gasteiger partial charge is 0.334 e. The second-order valence-electron chi connectivity index (χ2n) is 25.8. The van der Waals surface area contributed by atoms with Crippen LogP contribution in [0.2, 0.25) is 0 Å². The summed E-state index contributed by atoms with van der Waals surface area (Å²) in [7, 11) is 0. The smallest absolute Gasteiger partial charge is 0.266 e. The van der Waals surface area contributed by atoms with Gasteiger partial charge in [0.2, 0.25) is 0 Å². The molecule has 12 rings (SSSR count). The average molecular weight is 956 g/mol. The minimum absolute atomic E-state index is 0.00256. The highest BCUT2D eigenvalue weighted by Crippen LogP contribution is 2.62. The number of hydrogen-bond donors (Lipinski definition) is 0. The first-order chi connectivity index (χ1) is 33.0. The Morgan fingerprint density at radius 2 is 0.971 bits per heavy atom. The van der Waals surface area contributed by atoms with Crippen LogP contribution in [-0.2, 0) is 27.1 Å². The molecule has 0 bridgehead atoms. The molecule has 0 saturated heterocycles. The van der Waals surface area contributed by atoms with Crippen molar-refractivity contribution in [3.8, 4) is 0 Å². The minimum atomic E-state index is -0.106. The van der Waals surface area contributed by atoms with Crippen molar-refractivity contribution in [2.45, 2.75) is 155 Å². The maximum atomic E-state index is 2.81. The maximum Gasteiger partial charge on any atom is 0.266 e. The molecule has 3 aliphatic heterocycles. The van der Waals surface area contributed by atoms with Gasteiger partial charge in [0.15, 0.2) is 0 Å². The molecule has 0 N–H and O–H groups in total. The highest BCUT2D eigenvalue weighted by Gasteiger charge is 2.58. The van der Waals surface area contributed by atoms with E-state index in [0.717, 1.165) is 6.42 Å². The summed E-state index contributed by atoms with van der Waals surface area (Å²) in [5.41, 5.74) is 18.7. The summed E-state index contributed by atoms with van der Waals surface area (Å²) in [6, 6.07) is 48.6. The van der Waals surface area contributed by atoms with Gasteiger partial charge in [0.05, 0.1) is 16.2 Å². The van der Waals surface area contributed by atoms with E-state index in [1.54, 1.807) is 0 Å². The van der Waals surface area contributed by atoms with Crippen LogP contribution in [0.3, 0.4) is 0 Å². The molecule has 0 spiro atoms. The molecule has 4 aliphatic rings. The molecule has 2 aromatic heterocycles. The average Bonchev–Trinajstić information content (AvgIpc) is 3.93. The second kappa shape index (κ2) is 15.1. The van der Waals surface area contributed by atoms with Crippen LogP contribution in [0.15, 0.2) is 121 Å². The highest BCUT2D eigenvalue weighted by atomic mass is 32.1. The zero-order chi connectivity index (χ0) is 49.2. The van der Waals surface area contributed by atoms with Crippen molar-refractivity contribution in [3.05, 3.63) is 149 Å². The van der Waals surface area contributed by atoms with E-state index in [2.05, 4.69) is 233 Å². The number of para-hydroxylation sites is 1. The first-order valence-electron chi connectivity index (χ1n) is 26.0. The van der Waals surface area contributed by atoms with Gasteiger partial charge in [0, 0.05) is 59.1 Å². The molecule has 1 aliphatic carbocycles. The Bertz CT molecular complexity index is 3420. The van der Waals surface area contributed by atoms with Crippen LogP contribution in [0.1, 0.15) is 150 Å². The summed E-state index contributed by atoms with van der Waals surface area (Å²) in [5, 5.41) is 4.07. The first kappa shape index (κ1) is 45.8. The molecule has 2 atom stereocenters. The van der Waals surface area contributed by atoms with Crippen molar-refractivity contribution in [2.24, 2.45) is 0 Å². The normalized spacial score (nSPS) is 19.9. The lowest BCUT2D eigenvalue weighted by Gasteiger charge is -2.51. The van der Waals surface area contributed by atoms with Gasteiger partial charge in [-0.1, -0.05) is 164 Å². The zero-order valence-corrected chi connectivity index (χ0v) is 45.7. The van der Waals surface area contributed by atoms with Crippen molar-refractivity contribution in [2.75, 3.05) is 14.7 Å². The van der Waals surface area contributed by atoms with Gasteiger partial charge in [0.25, 0.3) is 6.71 Å². The molecule has 2 unspecified atom stereocenters. The lowest BCUT2D eigenvalue weighted by atomic mass is 9.36. The van der Waals surface area contributed by atoms with Gasteiger partial charge in [-0.2, -0.15) is 0 Å². The molecular formula is C64H70BN3S2. The molecule has 5 heterocycles. The molecule has 70 heavy (non-hydrogen) atoms. The lowest BCUT2D eigenvalue weighted by molar-refractivity contribution is 0.195. The summed E-state index contributed by atoms with van der Waals surface area (Å²) in [5.74, 6) is 0. The Kier molecular flexibility index (Phi) is 9.90. The standard InChI is InChI=1S/C64H70BN3S2/c1-59(2,3)39-21-27-43(28-22-39)66-50-37-45(68-49-20-16-15-19-48(49)63(13)33-17-18-34-64(63,68)14)38-51-55(50)65(57-56(66)47-36-42(62(10,11)12)26-32-53(47)69-57)54-46-35-41(61(7,8)9)25-31-52(46)70-58(54)67(51)44-29-23-40(24-30-44)60(4,5)6/h15-16,19-32,35-38H,17-18,33-34H2,1-14H3. The number of fused-ring (bicyclic) bond motifs is 11. The summed E-state index contributed by atoms with van der Waals surface area (Å²) >= 11 is 4.00. The van der Waals surface area contributed by atoms with Crippen LogP contribution in [0.25, 0.3) is 20.2 Å². The van der Waals surface area contributed by atoms with Gasteiger partial charge in [-0.15, -0.1) is 22.7 Å². The van der Waals surface area contributed by atoms with E-state index in [4.69, 9.17) is 0 Å². The third-order valence-corrected chi connectivity index (χ3v) is 19.6. The number of benzene rings is 6. The SMILES string of the molecule is CC(C)(C)c1ccc(N2c3cc(N4c5ccccc5C5(C)CCCCC45C)cc4c3B(c3sc5ccc(C(C)(C)C)cc5c3N4c3ccc(C(C)(C)C)cc3)c3c2sc2ccc(C(C)(C)C)cc32)cc1. The van der Waals surface area contributed by atoms with Gasteiger partial charge in [-0.3, -0.25) is 0 Å². The molecule has 1 saturated carbocycles. The number of thiophene rings is 2. The number of anilines is 8. The molecule has 6 aromatic carbocycles. The molecule has 1 fully saturated rings. The van der Waals surface area contributed by atoms with Gasteiger partial charge >= 0.3 is 0 Å². The van der Waals surface area contributed by atoms with Crippen LogP contribution in [-0.4, -0.2) is 12.3 Å². The molecule has 8 aromatic rings. The van der Waals surface area contributed by atoms with Crippen molar-refractivity contribution < 1.29 is 0 Å². The third-order valence-electron chi connectivity index (χ3n) is 17.2. The fourth-order valence-electron chi connectivity index (χ4n) is 12.9. The quantitative estimate of drug-likeness (QED) is 0.163. The van der Waals surface area contributed by atoms with E-state index in [9.17, 15) is 0 Å². The fourth-order valence-corrected chi connectivity index (χ4v) is 15.4. The summed E-state index contributed by atoms with van der Waals surface area (Å²) in [4.78, 5) is 8.20. The Balaban J connectivity index is 1.24. The van der Waals surface area contributed by atoms with Crippen LogP contribution >= 0.6 is 22.7 Å². The Hall–Kier alpha value is -5.30. The molecule has 6 heteroatoms. The lowest BCUT2D eigenvalue weighted by Crippen LogP contribution is -2.60. The van der Waals surface area contributed by atoms with Crippen molar-refractivity contribution >= 4 is 110 Å². The Morgan fingerprint density at radius 1 is 0.471 bits per heavy atom. The molecule has 3 nitrogen and oxygen atoms in total. The number of hydrogen-bond acceptors (Lipinski definition) is 5. The van der Waals surface area contributed by atoms with Crippen molar-refractivity contribution in [1.82, 2.24) is 0 Å². The minimum Gasteiger partial charge on any atom is -0.334 e. The maximum absolute atomic E-state index is 2.81. The summed E-state index contributed by atoms with van der Waals surface area (Å²) in [6.07, 6.45) is 4.83. The monoisotopic (exact) mass is 956 g/mol. The van der Waals surface area contributed by atoms with E-state index >= 15 is 0 Å². The van der Waals surface area contributed by atoms with E-state index < -0.39 is 0 Å². The summed E-state index contributed by atoms with van der Waals surface area (Å²) in [6.45, 7) is 33.3. The van der Waals surface area contributed by atoms with Crippen molar-refractivity contribution in [3.63, 3.8) is 0 Å². The zero-order valence-electron chi connectivity index (χ0n) is 44.1. The van der Waals surface area contributed by atoms with Crippen LogP contribution in [0.5, 0.6) is 0 Å². The van der Waals surface area contributed by atoms with Crippen LogP contribution < -0.4 is 30.4 Å². The predicted molar refractivity (Wildman–Crippen MR) is 309 cm³/mol. The van der Waals surface area contributed by atoms with E-state index in [0.29, 0.717) is 0 Å². The highest BCUT2D eigenvalue weighted by molar-refractivity contribution is 7.35. The fraction of sp³-hybridized carbons (Fsp3) is 0.375. The third kappa shape index (κ3) is 6.63. The summed E-state index contributed by atoms with van der Waals surface area (Å²) < 4.78 is 4.13. The van der Waals surface area contributed by atoms with Gasteiger partial charge in [-0.05, 0) is 146 Å². The van der Waals surface area contributed by atoms with E-state index in [1.165, 1.54) is 128 Å². The van der Waals surface area contributed by atoms with E-state index in [-0.39, 0.29) is 39.3 Å². The van der Waals surface area contributed by atoms with Gasteiger partial charge in [-0.25, -0.2) is 0 Å². The molecule has 356 valence electrons. The Morgan fingerprint density at radius 3 is 1.56 bits per heavy atom. The van der Waals surface area contributed by atoms with E-state index in [1.807, 2.05) is 22.7 Å². The molecular weight excluding hydrogens is 886 g/mol. The Labute approximate surface area is 426 Å². The topological polar surface area (TPSA) is 9.72 Å². The molecule has 0 amide bonds. The van der Waals surface area contributed by atoms with Crippen molar-refractivity contribution in [1.29, 1.82) is 0 Å². The van der Waals surface area contributed by atoms with Crippen LogP contribution in [0.4, 0.5) is 44.8 Å². The van der Waals surface area contributed by atoms with Gasteiger partial charge in [0.1, 0.15) is 0 Å².